The largest absolute Gasteiger partial charge is 0.316 e. The van der Waals surface area contributed by atoms with Gasteiger partial charge in [0.2, 0.25) is 0 Å². The Balaban J connectivity index is 1.51. The normalized spacial score (nSPS) is 17.5. The third-order valence-corrected chi connectivity index (χ3v) is 3.80. The number of nitrogens with zero attached hydrogens (tertiary/aromatic N) is 2. The van der Waals surface area contributed by atoms with Crippen molar-refractivity contribution in [2.75, 3.05) is 13.1 Å². The zero-order valence-corrected chi connectivity index (χ0v) is 11.0. The lowest BCUT2D eigenvalue weighted by molar-refractivity contribution is 0.334. The predicted octanol–water partition coefficient (Wildman–Crippen LogP) is 2.52. The van der Waals surface area contributed by atoms with Gasteiger partial charge in [0.1, 0.15) is 0 Å². The number of nitrogens with one attached hydrogen (secondary N) is 1. The molecule has 2 rings (SSSR count). The first-order valence-electron chi connectivity index (χ1n) is 7.03. The Morgan fingerprint density at radius 2 is 2.12 bits per heavy atom. The molecule has 1 aromatic heterocycles. The molecule has 0 amide bonds. The summed E-state index contributed by atoms with van der Waals surface area (Å²) < 4.78 is 1.87. The van der Waals surface area contributed by atoms with Gasteiger partial charge in [0.25, 0.3) is 0 Å². The molecular formula is C14H25N3. The number of aromatic nitrogens is 2. The monoisotopic (exact) mass is 235 g/mol. The molecule has 0 bridgehead atoms. The average molecular weight is 235 g/mol. The van der Waals surface area contributed by atoms with Crippen molar-refractivity contribution in [3.63, 3.8) is 0 Å². The lowest BCUT2D eigenvalue weighted by atomic mass is 9.87. The minimum atomic E-state index is 0.995. The Kier molecular flexibility index (Phi) is 5.05. The van der Waals surface area contributed by atoms with Crippen LogP contribution in [-0.2, 0) is 13.5 Å². The second-order valence-electron chi connectivity index (χ2n) is 5.31. The van der Waals surface area contributed by atoms with E-state index in [0.717, 1.165) is 18.9 Å². The van der Waals surface area contributed by atoms with Crippen molar-refractivity contribution in [3.05, 3.63) is 18.0 Å². The van der Waals surface area contributed by atoms with Gasteiger partial charge in [-0.3, -0.25) is 4.68 Å². The Labute approximate surface area is 105 Å². The van der Waals surface area contributed by atoms with Crippen molar-refractivity contribution in [2.24, 2.45) is 13.0 Å². The van der Waals surface area contributed by atoms with E-state index in [0.29, 0.717) is 0 Å². The van der Waals surface area contributed by atoms with E-state index in [9.17, 15) is 0 Å². The van der Waals surface area contributed by atoms with Crippen LogP contribution in [0.15, 0.2) is 12.4 Å². The van der Waals surface area contributed by atoms with E-state index in [1.165, 1.54) is 50.6 Å². The molecular weight excluding hydrogens is 210 g/mol. The molecule has 1 aromatic rings. The summed E-state index contributed by atoms with van der Waals surface area (Å²) in [5, 5.41) is 7.73. The summed E-state index contributed by atoms with van der Waals surface area (Å²) in [6, 6.07) is 0. The fourth-order valence-corrected chi connectivity index (χ4v) is 2.74. The van der Waals surface area contributed by atoms with Crippen LogP contribution in [0.2, 0.25) is 0 Å². The fourth-order valence-electron chi connectivity index (χ4n) is 2.74. The minimum absolute atomic E-state index is 0.995. The van der Waals surface area contributed by atoms with Crippen LogP contribution in [0.3, 0.4) is 0 Å². The van der Waals surface area contributed by atoms with Gasteiger partial charge in [0, 0.05) is 13.2 Å². The highest BCUT2D eigenvalue weighted by atomic mass is 15.2. The number of rotatable bonds is 6. The van der Waals surface area contributed by atoms with Crippen LogP contribution in [0.25, 0.3) is 0 Å². The summed E-state index contributed by atoms with van der Waals surface area (Å²) in [6.07, 6.45) is 13.8. The SMILES string of the molecule is Cn1cc(CCNCCC2CCCCC2)cn1. The Bertz CT molecular complexity index is 313. The highest BCUT2D eigenvalue weighted by Crippen LogP contribution is 2.25. The van der Waals surface area contributed by atoms with Gasteiger partial charge in [-0.05, 0) is 37.4 Å². The molecule has 96 valence electrons. The van der Waals surface area contributed by atoms with Crippen molar-refractivity contribution >= 4 is 0 Å². The van der Waals surface area contributed by atoms with Crippen LogP contribution < -0.4 is 5.32 Å². The highest BCUT2D eigenvalue weighted by Gasteiger charge is 2.12. The molecule has 1 heterocycles. The molecule has 0 saturated heterocycles. The van der Waals surface area contributed by atoms with Gasteiger partial charge in [-0.25, -0.2) is 0 Å². The van der Waals surface area contributed by atoms with E-state index in [-0.39, 0.29) is 0 Å². The predicted molar refractivity (Wildman–Crippen MR) is 71.0 cm³/mol. The van der Waals surface area contributed by atoms with Gasteiger partial charge in [0.05, 0.1) is 6.20 Å². The summed E-state index contributed by atoms with van der Waals surface area (Å²) in [5.41, 5.74) is 1.33. The first kappa shape index (κ1) is 12.6. The van der Waals surface area contributed by atoms with E-state index >= 15 is 0 Å². The second kappa shape index (κ2) is 6.80. The van der Waals surface area contributed by atoms with Crippen LogP contribution in [0.1, 0.15) is 44.1 Å². The zero-order chi connectivity index (χ0) is 11.9. The van der Waals surface area contributed by atoms with Crippen LogP contribution in [0, 0.1) is 5.92 Å². The molecule has 0 unspecified atom stereocenters. The Hall–Kier alpha value is -0.830. The molecule has 0 aliphatic heterocycles. The van der Waals surface area contributed by atoms with Crippen molar-refractivity contribution < 1.29 is 0 Å². The molecule has 17 heavy (non-hydrogen) atoms. The first-order chi connectivity index (χ1) is 8.34. The van der Waals surface area contributed by atoms with E-state index < -0.39 is 0 Å². The lowest BCUT2D eigenvalue weighted by Gasteiger charge is -2.21. The van der Waals surface area contributed by atoms with Gasteiger partial charge in [0.15, 0.2) is 0 Å². The first-order valence-corrected chi connectivity index (χ1v) is 7.03. The van der Waals surface area contributed by atoms with E-state index in [1.54, 1.807) is 0 Å². The third kappa shape index (κ3) is 4.50. The molecule has 1 aliphatic rings. The maximum Gasteiger partial charge on any atom is 0.0522 e. The van der Waals surface area contributed by atoms with Crippen molar-refractivity contribution in [1.29, 1.82) is 0 Å². The average Bonchev–Trinajstić information content (AvgIpc) is 2.76. The third-order valence-electron chi connectivity index (χ3n) is 3.80. The topological polar surface area (TPSA) is 29.9 Å². The summed E-state index contributed by atoms with van der Waals surface area (Å²) in [6.45, 7) is 2.27. The van der Waals surface area contributed by atoms with Gasteiger partial charge in [-0.2, -0.15) is 5.10 Å². The molecule has 1 fully saturated rings. The van der Waals surface area contributed by atoms with Gasteiger partial charge >= 0.3 is 0 Å². The van der Waals surface area contributed by atoms with Gasteiger partial charge in [-0.1, -0.05) is 32.1 Å². The van der Waals surface area contributed by atoms with Crippen molar-refractivity contribution in [1.82, 2.24) is 15.1 Å². The van der Waals surface area contributed by atoms with E-state index in [2.05, 4.69) is 16.6 Å². The molecule has 0 atom stereocenters. The van der Waals surface area contributed by atoms with Crippen LogP contribution in [-0.4, -0.2) is 22.9 Å². The quantitative estimate of drug-likeness (QED) is 0.768. The van der Waals surface area contributed by atoms with Gasteiger partial charge in [-0.15, -0.1) is 0 Å². The Morgan fingerprint density at radius 1 is 1.29 bits per heavy atom. The van der Waals surface area contributed by atoms with Crippen molar-refractivity contribution in [2.45, 2.75) is 44.9 Å². The minimum Gasteiger partial charge on any atom is -0.316 e. The zero-order valence-electron chi connectivity index (χ0n) is 11.0. The van der Waals surface area contributed by atoms with Gasteiger partial charge < -0.3 is 5.32 Å². The highest BCUT2D eigenvalue weighted by molar-refractivity contribution is 5.03. The maximum absolute atomic E-state index is 4.18. The van der Waals surface area contributed by atoms with E-state index in [1.807, 2.05) is 17.9 Å². The number of aryl methyl sites for hydroxylation is 1. The molecule has 1 N–H and O–H groups in total. The molecule has 0 aromatic carbocycles. The summed E-state index contributed by atoms with van der Waals surface area (Å²) >= 11 is 0. The molecule has 3 heteroatoms. The standard InChI is InChI=1S/C14H25N3/c1-17-12-14(11-16-17)8-10-15-9-7-13-5-3-2-4-6-13/h11-13,15H,2-10H2,1H3. The molecule has 0 radical (unpaired) electrons. The van der Waals surface area contributed by atoms with Crippen LogP contribution >= 0.6 is 0 Å². The smallest absolute Gasteiger partial charge is 0.0522 e. The molecule has 3 nitrogen and oxygen atoms in total. The fraction of sp³-hybridized carbons (Fsp3) is 0.786. The molecule has 0 spiro atoms. The molecule has 1 aliphatic carbocycles. The van der Waals surface area contributed by atoms with E-state index in [4.69, 9.17) is 0 Å². The number of hydrogen-bond donors (Lipinski definition) is 1. The van der Waals surface area contributed by atoms with Crippen molar-refractivity contribution in [3.8, 4) is 0 Å². The lowest BCUT2D eigenvalue weighted by Crippen LogP contribution is -2.21. The summed E-state index contributed by atoms with van der Waals surface area (Å²) in [5.74, 6) is 0.995. The Morgan fingerprint density at radius 3 is 2.82 bits per heavy atom. The number of hydrogen-bond acceptors (Lipinski definition) is 2. The summed E-state index contributed by atoms with van der Waals surface area (Å²) in [7, 11) is 1.97. The maximum atomic E-state index is 4.18. The van der Waals surface area contributed by atoms with Crippen LogP contribution in [0.4, 0.5) is 0 Å². The van der Waals surface area contributed by atoms with Crippen LogP contribution in [0.5, 0.6) is 0 Å². The second-order valence-corrected chi connectivity index (χ2v) is 5.31. The summed E-state index contributed by atoms with van der Waals surface area (Å²) in [4.78, 5) is 0. The molecule has 1 saturated carbocycles.